The molecule has 4 rings (SSSR count). The highest BCUT2D eigenvalue weighted by Gasteiger charge is 2.17. The number of hydrogen-bond acceptors (Lipinski definition) is 6. The Bertz CT molecular complexity index is 1140. The minimum absolute atomic E-state index is 0.0233. The molecule has 29 heavy (non-hydrogen) atoms. The quantitative estimate of drug-likeness (QED) is 0.547. The molecule has 0 aliphatic rings. The average Bonchev–Trinajstić information content (AvgIpc) is 3.38. The van der Waals surface area contributed by atoms with Crippen LogP contribution < -0.4 is 5.32 Å². The highest BCUT2D eigenvalue weighted by Crippen LogP contribution is 2.28. The third-order valence-corrected chi connectivity index (χ3v) is 5.17. The van der Waals surface area contributed by atoms with Crippen molar-refractivity contribution < 1.29 is 4.79 Å². The number of thiazole rings is 1. The first kappa shape index (κ1) is 18.9. The number of nitrogens with one attached hydrogen (secondary N) is 1. The number of aromatic nitrogens is 5. The minimum Gasteiger partial charge on any atom is -0.296 e. The molecule has 0 saturated carbocycles. The van der Waals surface area contributed by atoms with Crippen LogP contribution in [-0.4, -0.2) is 30.4 Å². The number of hydrogen-bond donors (Lipinski definition) is 1. The maximum absolute atomic E-state index is 12.8. The summed E-state index contributed by atoms with van der Waals surface area (Å²) in [4.78, 5) is 29.9. The number of anilines is 1. The van der Waals surface area contributed by atoms with Crippen LogP contribution in [0.4, 0.5) is 5.13 Å². The van der Waals surface area contributed by atoms with Crippen molar-refractivity contribution in [3.05, 3.63) is 72.0 Å². The molecule has 4 aromatic rings. The molecule has 8 heteroatoms. The normalized spacial score (nSPS) is 11.4. The zero-order chi connectivity index (χ0) is 20.4. The van der Waals surface area contributed by atoms with E-state index in [9.17, 15) is 4.79 Å². The van der Waals surface area contributed by atoms with Gasteiger partial charge in [0.05, 0.1) is 30.1 Å². The molecule has 7 nitrogen and oxygen atoms in total. The molecule has 0 bridgehead atoms. The van der Waals surface area contributed by atoms with E-state index < -0.39 is 0 Å². The number of amides is 1. The van der Waals surface area contributed by atoms with Crippen molar-refractivity contribution in [1.82, 2.24) is 24.5 Å². The fraction of sp³-hybridized carbons (Fsp3) is 0.190. The van der Waals surface area contributed by atoms with Crippen LogP contribution in [0.15, 0.2) is 60.8 Å². The van der Waals surface area contributed by atoms with Gasteiger partial charge in [-0.3, -0.25) is 24.6 Å². The Labute approximate surface area is 172 Å². The molecule has 0 unspecified atom stereocenters. The lowest BCUT2D eigenvalue weighted by molar-refractivity contribution is 0.102. The van der Waals surface area contributed by atoms with Crippen LogP contribution in [0.1, 0.15) is 36.8 Å². The lowest BCUT2D eigenvalue weighted by Crippen LogP contribution is -2.16. The lowest BCUT2D eigenvalue weighted by Gasteiger charge is -2.18. The van der Waals surface area contributed by atoms with Crippen molar-refractivity contribution in [2.45, 2.75) is 26.2 Å². The Balaban J connectivity index is 1.55. The molecule has 0 atom stereocenters. The molecule has 1 N–H and O–H groups in total. The van der Waals surface area contributed by atoms with E-state index in [1.165, 1.54) is 23.1 Å². The number of carbonyl (C=O) groups excluding carboxylic acids is 1. The molecule has 0 aliphatic carbocycles. The maximum Gasteiger partial charge on any atom is 0.276 e. The van der Waals surface area contributed by atoms with E-state index in [4.69, 9.17) is 0 Å². The Hall–Kier alpha value is -3.39. The second kappa shape index (κ2) is 7.56. The van der Waals surface area contributed by atoms with Crippen molar-refractivity contribution in [3.63, 3.8) is 0 Å². The van der Waals surface area contributed by atoms with E-state index in [-0.39, 0.29) is 11.3 Å². The van der Waals surface area contributed by atoms with Gasteiger partial charge in [0.1, 0.15) is 11.4 Å². The van der Waals surface area contributed by atoms with Crippen molar-refractivity contribution in [2.24, 2.45) is 0 Å². The molecule has 146 valence electrons. The minimum atomic E-state index is -0.288. The van der Waals surface area contributed by atoms with Crippen LogP contribution in [0.5, 0.6) is 0 Å². The number of carbonyl (C=O) groups is 1. The Morgan fingerprint density at radius 3 is 2.72 bits per heavy atom. The summed E-state index contributed by atoms with van der Waals surface area (Å²) in [5.74, 6) is -0.288. The summed E-state index contributed by atoms with van der Waals surface area (Å²) in [5.41, 5.74) is 3.89. The topological polar surface area (TPSA) is 85.6 Å². The maximum atomic E-state index is 12.8. The van der Waals surface area contributed by atoms with Crippen LogP contribution in [0, 0.1) is 0 Å². The summed E-state index contributed by atoms with van der Waals surface area (Å²) in [6, 6.07) is 7.72. The van der Waals surface area contributed by atoms with Crippen molar-refractivity contribution in [3.8, 4) is 17.1 Å². The van der Waals surface area contributed by atoms with Crippen LogP contribution in [0.3, 0.4) is 0 Å². The van der Waals surface area contributed by atoms with Gasteiger partial charge in [-0.1, -0.05) is 20.8 Å². The fourth-order valence-electron chi connectivity index (χ4n) is 2.81. The number of nitrogens with zero attached hydrogens (tertiary/aromatic N) is 5. The van der Waals surface area contributed by atoms with Crippen LogP contribution in [0.2, 0.25) is 0 Å². The Kier molecular flexibility index (Phi) is 4.94. The van der Waals surface area contributed by atoms with E-state index in [0.29, 0.717) is 10.8 Å². The molecule has 4 aromatic heterocycles. The number of rotatable bonds is 4. The van der Waals surface area contributed by atoms with Gasteiger partial charge in [0.25, 0.3) is 5.91 Å². The SMILES string of the molecule is CC(C)(C)c1ccnc(-c2csc(NC(=O)c3cncn3-c3cccnc3)n2)c1. The molecular formula is C21H20N6OS. The van der Waals surface area contributed by atoms with Crippen molar-refractivity contribution in [2.75, 3.05) is 5.32 Å². The Morgan fingerprint density at radius 2 is 1.97 bits per heavy atom. The monoisotopic (exact) mass is 404 g/mol. The standard InChI is InChI=1S/C21H20N6OS/c1-21(2,3)14-6-8-24-16(9-14)17-12-29-20(25-17)26-19(28)18-11-23-13-27(18)15-5-4-7-22-10-15/h4-13H,1-3H3,(H,25,26,28). The van der Waals surface area contributed by atoms with Crippen LogP contribution >= 0.6 is 11.3 Å². The first-order valence-electron chi connectivity index (χ1n) is 9.08. The molecule has 1 amide bonds. The predicted octanol–water partition coefficient (Wildman–Crippen LogP) is 4.34. The molecule has 0 spiro atoms. The van der Waals surface area contributed by atoms with Gasteiger partial charge < -0.3 is 0 Å². The first-order valence-corrected chi connectivity index (χ1v) is 9.96. The molecular weight excluding hydrogens is 384 g/mol. The van der Waals surface area contributed by atoms with Crippen LogP contribution in [0.25, 0.3) is 17.1 Å². The molecule has 4 heterocycles. The summed E-state index contributed by atoms with van der Waals surface area (Å²) in [5, 5.41) is 5.25. The average molecular weight is 404 g/mol. The zero-order valence-corrected chi connectivity index (χ0v) is 17.1. The molecule has 0 saturated heterocycles. The number of pyridine rings is 2. The van der Waals surface area contributed by atoms with E-state index in [1.807, 2.05) is 29.6 Å². The molecule has 0 aromatic carbocycles. The third-order valence-electron chi connectivity index (χ3n) is 4.41. The van der Waals surface area contributed by atoms with Gasteiger partial charge in [-0.25, -0.2) is 9.97 Å². The van der Waals surface area contributed by atoms with Gasteiger partial charge in [0.2, 0.25) is 0 Å². The highest BCUT2D eigenvalue weighted by atomic mass is 32.1. The van der Waals surface area contributed by atoms with Gasteiger partial charge in [-0.2, -0.15) is 0 Å². The molecule has 0 radical (unpaired) electrons. The fourth-order valence-corrected chi connectivity index (χ4v) is 3.51. The summed E-state index contributed by atoms with van der Waals surface area (Å²) in [7, 11) is 0. The van der Waals surface area contributed by atoms with Gasteiger partial charge in [-0.15, -0.1) is 11.3 Å². The van der Waals surface area contributed by atoms with E-state index >= 15 is 0 Å². The van der Waals surface area contributed by atoms with Crippen molar-refractivity contribution in [1.29, 1.82) is 0 Å². The zero-order valence-electron chi connectivity index (χ0n) is 16.3. The summed E-state index contributed by atoms with van der Waals surface area (Å²) >= 11 is 1.36. The second-order valence-corrected chi connectivity index (χ2v) is 8.39. The summed E-state index contributed by atoms with van der Waals surface area (Å²) in [6.07, 6.45) is 8.25. The molecule has 0 fully saturated rings. The van der Waals surface area contributed by atoms with Gasteiger partial charge in [0.15, 0.2) is 5.13 Å². The third kappa shape index (κ3) is 4.07. The Morgan fingerprint density at radius 1 is 1.10 bits per heavy atom. The van der Waals surface area contributed by atoms with Crippen LogP contribution in [-0.2, 0) is 5.41 Å². The lowest BCUT2D eigenvalue weighted by atomic mass is 9.87. The summed E-state index contributed by atoms with van der Waals surface area (Å²) in [6.45, 7) is 6.47. The smallest absolute Gasteiger partial charge is 0.276 e. The first-order chi connectivity index (χ1) is 13.9. The summed E-state index contributed by atoms with van der Waals surface area (Å²) < 4.78 is 1.69. The van der Waals surface area contributed by atoms with Gasteiger partial charge in [0, 0.05) is 17.8 Å². The van der Waals surface area contributed by atoms with E-state index in [1.54, 1.807) is 29.5 Å². The van der Waals surface area contributed by atoms with Crippen molar-refractivity contribution >= 4 is 22.4 Å². The van der Waals surface area contributed by atoms with Gasteiger partial charge in [-0.05, 0) is 35.2 Å². The highest BCUT2D eigenvalue weighted by molar-refractivity contribution is 7.14. The van der Waals surface area contributed by atoms with E-state index in [0.717, 1.165) is 17.1 Å². The number of imidazole rings is 1. The molecule has 0 aliphatic heterocycles. The van der Waals surface area contributed by atoms with Gasteiger partial charge >= 0.3 is 0 Å². The largest absolute Gasteiger partial charge is 0.296 e. The predicted molar refractivity (Wildman–Crippen MR) is 113 cm³/mol. The van der Waals surface area contributed by atoms with E-state index in [2.05, 4.69) is 46.0 Å². The second-order valence-electron chi connectivity index (χ2n) is 7.53.